The lowest BCUT2D eigenvalue weighted by molar-refractivity contribution is -0.141. The van der Waals surface area contributed by atoms with Gasteiger partial charge in [-0.15, -0.1) is 10.2 Å². The number of carbonyl (C=O) groups is 1. The summed E-state index contributed by atoms with van der Waals surface area (Å²) in [5.41, 5.74) is 0.698. The van der Waals surface area contributed by atoms with E-state index in [1.807, 2.05) is 6.92 Å². The first kappa shape index (κ1) is 23.1. The van der Waals surface area contributed by atoms with Gasteiger partial charge in [0.15, 0.2) is 0 Å². The number of alkyl halides is 3. The van der Waals surface area contributed by atoms with E-state index < -0.39 is 11.9 Å². The highest BCUT2D eigenvalue weighted by Gasteiger charge is 2.32. The molecule has 11 heteroatoms. The maximum absolute atomic E-state index is 12.9. The number of ether oxygens (including phenoxy) is 1. The van der Waals surface area contributed by atoms with E-state index in [0.29, 0.717) is 59.5 Å². The van der Waals surface area contributed by atoms with Crippen LogP contribution in [0.25, 0.3) is 22.2 Å². The molecule has 0 radical (unpaired) electrons. The SMILES string of the molecule is CCOc1cc(-c2ccc(C(F)(F)F)nc2)nc2cc(C(=O)NCCCc3nnc[nH]3)ccc12. The number of nitrogens with one attached hydrogen (secondary N) is 2. The topological polar surface area (TPSA) is 106 Å². The minimum atomic E-state index is -4.52. The van der Waals surface area contributed by atoms with Crippen molar-refractivity contribution >= 4 is 16.8 Å². The summed E-state index contributed by atoms with van der Waals surface area (Å²) in [5, 5.41) is 11.2. The fraction of sp³-hybridized carbons (Fsp3) is 0.261. The zero-order valence-electron chi connectivity index (χ0n) is 18.2. The lowest BCUT2D eigenvalue weighted by atomic mass is 10.1. The number of aromatic amines is 1. The second kappa shape index (κ2) is 9.86. The highest BCUT2D eigenvalue weighted by atomic mass is 19.4. The molecular formula is C23H21F3N6O2. The summed E-state index contributed by atoms with van der Waals surface area (Å²) in [6.07, 6.45) is -0.559. The van der Waals surface area contributed by atoms with Crippen molar-refractivity contribution in [2.75, 3.05) is 13.2 Å². The summed E-state index contributed by atoms with van der Waals surface area (Å²) >= 11 is 0. The summed E-state index contributed by atoms with van der Waals surface area (Å²) in [6, 6.07) is 8.92. The predicted molar refractivity (Wildman–Crippen MR) is 118 cm³/mol. The summed E-state index contributed by atoms with van der Waals surface area (Å²) in [5.74, 6) is 1.00. The average molecular weight is 470 g/mol. The molecule has 1 aromatic carbocycles. The molecule has 2 N–H and O–H groups in total. The molecule has 0 saturated carbocycles. The van der Waals surface area contributed by atoms with Crippen LogP contribution in [0.5, 0.6) is 5.75 Å². The summed E-state index contributed by atoms with van der Waals surface area (Å²) in [7, 11) is 0. The standard InChI is InChI=1S/C23H21F3N6O2/c1-2-34-19-11-17(15-6-8-20(28-12-15)23(24,25)26)31-18-10-14(5-7-16(18)19)22(33)27-9-3-4-21-29-13-30-32-21/h5-8,10-13H,2-4,9H2,1H3,(H,27,33)(H,29,30,32). The number of hydrogen-bond acceptors (Lipinski definition) is 6. The first-order valence-electron chi connectivity index (χ1n) is 10.6. The van der Waals surface area contributed by atoms with E-state index in [4.69, 9.17) is 4.74 Å². The van der Waals surface area contributed by atoms with E-state index in [1.165, 1.54) is 12.4 Å². The summed E-state index contributed by atoms with van der Waals surface area (Å²) < 4.78 is 44.3. The third kappa shape index (κ3) is 5.30. The van der Waals surface area contributed by atoms with Crippen molar-refractivity contribution < 1.29 is 22.7 Å². The van der Waals surface area contributed by atoms with Gasteiger partial charge in [-0.1, -0.05) is 0 Å². The minimum absolute atomic E-state index is 0.263. The maximum Gasteiger partial charge on any atom is 0.433 e. The molecule has 4 rings (SSSR count). The Bertz CT molecular complexity index is 1270. The van der Waals surface area contributed by atoms with Crippen molar-refractivity contribution in [3.63, 3.8) is 0 Å². The van der Waals surface area contributed by atoms with Crippen LogP contribution in [-0.2, 0) is 12.6 Å². The number of halogens is 3. The van der Waals surface area contributed by atoms with Crippen molar-refractivity contribution in [2.45, 2.75) is 25.9 Å². The lowest BCUT2D eigenvalue weighted by Crippen LogP contribution is -2.24. The van der Waals surface area contributed by atoms with Gasteiger partial charge in [-0.2, -0.15) is 13.2 Å². The van der Waals surface area contributed by atoms with Gasteiger partial charge in [0.1, 0.15) is 23.6 Å². The molecule has 0 saturated heterocycles. The molecule has 1 amide bonds. The number of nitrogens with zero attached hydrogens (tertiary/aromatic N) is 4. The molecule has 4 aromatic rings. The molecule has 3 heterocycles. The zero-order chi connectivity index (χ0) is 24.1. The van der Waals surface area contributed by atoms with E-state index in [0.717, 1.165) is 18.1 Å². The highest BCUT2D eigenvalue weighted by molar-refractivity contribution is 5.99. The van der Waals surface area contributed by atoms with E-state index in [-0.39, 0.29) is 5.91 Å². The Labute approximate surface area is 192 Å². The van der Waals surface area contributed by atoms with Crippen LogP contribution in [0.3, 0.4) is 0 Å². The van der Waals surface area contributed by atoms with Crippen LogP contribution >= 0.6 is 0 Å². The molecular weight excluding hydrogens is 449 g/mol. The van der Waals surface area contributed by atoms with Gasteiger partial charge in [-0.25, -0.2) is 4.98 Å². The third-order valence-corrected chi connectivity index (χ3v) is 5.03. The van der Waals surface area contributed by atoms with Crippen LogP contribution in [0.15, 0.2) is 48.9 Å². The van der Waals surface area contributed by atoms with Gasteiger partial charge in [0.25, 0.3) is 5.91 Å². The minimum Gasteiger partial charge on any atom is -0.493 e. The van der Waals surface area contributed by atoms with E-state index in [2.05, 4.69) is 30.5 Å². The molecule has 0 aliphatic carbocycles. The Kier molecular flexibility index (Phi) is 6.71. The number of pyridine rings is 2. The number of fused-ring (bicyclic) bond motifs is 1. The van der Waals surface area contributed by atoms with E-state index >= 15 is 0 Å². The van der Waals surface area contributed by atoms with Crippen LogP contribution in [0.4, 0.5) is 13.2 Å². The van der Waals surface area contributed by atoms with Crippen LogP contribution in [-0.4, -0.2) is 44.2 Å². The Morgan fingerprint density at radius 1 is 1.18 bits per heavy atom. The van der Waals surface area contributed by atoms with Crippen molar-refractivity contribution in [3.8, 4) is 17.0 Å². The monoisotopic (exact) mass is 470 g/mol. The number of amides is 1. The van der Waals surface area contributed by atoms with Gasteiger partial charge >= 0.3 is 6.18 Å². The van der Waals surface area contributed by atoms with Crippen LogP contribution < -0.4 is 10.1 Å². The zero-order valence-corrected chi connectivity index (χ0v) is 18.2. The van der Waals surface area contributed by atoms with E-state index in [9.17, 15) is 18.0 Å². The molecule has 0 aliphatic heterocycles. The molecule has 8 nitrogen and oxygen atoms in total. The number of aryl methyl sites for hydroxylation is 1. The van der Waals surface area contributed by atoms with Crippen LogP contribution in [0, 0.1) is 0 Å². The van der Waals surface area contributed by atoms with Gasteiger partial charge < -0.3 is 15.0 Å². The molecule has 176 valence electrons. The predicted octanol–water partition coefficient (Wildman–Crippen LogP) is 4.20. The van der Waals surface area contributed by atoms with Crippen molar-refractivity contribution in [3.05, 3.63) is 66.0 Å². The van der Waals surface area contributed by atoms with Crippen LogP contribution in [0.2, 0.25) is 0 Å². The Morgan fingerprint density at radius 2 is 2.03 bits per heavy atom. The Balaban J connectivity index is 1.57. The van der Waals surface area contributed by atoms with Crippen molar-refractivity contribution in [1.29, 1.82) is 0 Å². The van der Waals surface area contributed by atoms with E-state index in [1.54, 1.807) is 24.3 Å². The quantitative estimate of drug-likeness (QED) is 0.374. The number of benzene rings is 1. The molecule has 3 aromatic heterocycles. The summed E-state index contributed by atoms with van der Waals surface area (Å²) in [6.45, 7) is 2.66. The highest BCUT2D eigenvalue weighted by Crippen LogP contribution is 2.32. The van der Waals surface area contributed by atoms with Gasteiger partial charge in [0.05, 0.1) is 17.8 Å². The second-order valence-electron chi connectivity index (χ2n) is 7.40. The van der Waals surface area contributed by atoms with Gasteiger partial charge in [-0.3, -0.25) is 9.78 Å². The van der Waals surface area contributed by atoms with Gasteiger partial charge in [0.2, 0.25) is 0 Å². The Hall–Kier alpha value is -4.02. The number of H-pyrrole nitrogens is 1. The maximum atomic E-state index is 12.9. The normalized spacial score (nSPS) is 11.5. The smallest absolute Gasteiger partial charge is 0.433 e. The molecule has 0 spiro atoms. The lowest BCUT2D eigenvalue weighted by Gasteiger charge is -2.12. The molecule has 0 atom stereocenters. The second-order valence-corrected chi connectivity index (χ2v) is 7.40. The van der Waals surface area contributed by atoms with Gasteiger partial charge in [-0.05, 0) is 43.7 Å². The number of hydrogen-bond donors (Lipinski definition) is 2. The first-order chi connectivity index (χ1) is 16.3. The van der Waals surface area contributed by atoms with Crippen molar-refractivity contribution in [2.24, 2.45) is 0 Å². The fourth-order valence-corrected chi connectivity index (χ4v) is 3.39. The van der Waals surface area contributed by atoms with Gasteiger partial charge in [0, 0.05) is 41.7 Å². The molecule has 0 fully saturated rings. The number of carbonyl (C=O) groups excluding carboxylic acids is 1. The molecule has 34 heavy (non-hydrogen) atoms. The molecule has 0 bridgehead atoms. The Morgan fingerprint density at radius 3 is 2.71 bits per heavy atom. The molecule has 0 unspecified atom stereocenters. The van der Waals surface area contributed by atoms with Crippen LogP contribution in [0.1, 0.15) is 35.2 Å². The number of rotatable bonds is 8. The van der Waals surface area contributed by atoms with Crippen molar-refractivity contribution in [1.82, 2.24) is 30.5 Å². The molecule has 0 aliphatic rings. The summed E-state index contributed by atoms with van der Waals surface area (Å²) in [4.78, 5) is 23.6. The fourth-order valence-electron chi connectivity index (χ4n) is 3.39. The first-order valence-corrected chi connectivity index (χ1v) is 10.6. The number of aromatic nitrogens is 5. The largest absolute Gasteiger partial charge is 0.493 e. The average Bonchev–Trinajstić information content (AvgIpc) is 3.34. The third-order valence-electron chi connectivity index (χ3n) is 5.03.